The van der Waals surface area contributed by atoms with Gasteiger partial charge in [0.05, 0.1) is 5.41 Å². The van der Waals surface area contributed by atoms with Gasteiger partial charge in [0.2, 0.25) is 5.91 Å². The van der Waals surface area contributed by atoms with E-state index in [4.69, 9.17) is 0 Å². The Labute approximate surface area is 142 Å². The fraction of sp³-hybridized carbons (Fsp3) is 0.611. The van der Waals surface area contributed by atoms with Crippen LogP contribution >= 0.6 is 12.4 Å². The summed E-state index contributed by atoms with van der Waals surface area (Å²) in [6, 6.07) is 6.95. The predicted molar refractivity (Wildman–Crippen MR) is 90.2 cm³/mol. The summed E-state index contributed by atoms with van der Waals surface area (Å²) in [5.74, 6) is 0.812. The van der Waals surface area contributed by atoms with Crippen molar-refractivity contribution in [1.82, 2.24) is 10.6 Å². The molecule has 0 radical (unpaired) electrons. The Bertz CT molecular complexity index is 596. The molecule has 0 bridgehead atoms. The van der Waals surface area contributed by atoms with E-state index in [9.17, 15) is 9.18 Å². The first-order valence-corrected chi connectivity index (χ1v) is 8.46. The van der Waals surface area contributed by atoms with Gasteiger partial charge in [0, 0.05) is 18.5 Å². The second-order valence-corrected chi connectivity index (χ2v) is 7.21. The van der Waals surface area contributed by atoms with E-state index in [0.29, 0.717) is 5.92 Å². The third-order valence-corrected chi connectivity index (χ3v) is 5.87. The molecule has 126 valence electrons. The first-order valence-electron chi connectivity index (χ1n) is 8.46. The number of carbonyl (C=O) groups excluding carboxylic acids is 1. The van der Waals surface area contributed by atoms with Crippen molar-refractivity contribution in [3.8, 4) is 0 Å². The van der Waals surface area contributed by atoms with Crippen molar-refractivity contribution in [2.75, 3.05) is 13.1 Å². The maximum absolute atomic E-state index is 13.3. The molecular formula is C18H24ClFN2O. The summed E-state index contributed by atoms with van der Waals surface area (Å²) in [4.78, 5) is 12.9. The van der Waals surface area contributed by atoms with Crippen LogP contribution in [-0.4, -0.2) is 25.0 Å². The van der Waals surface area contributed by atoms with Crippen LogP contribution < -0.4 is 10.6 Å². The monoisotopic (exact) mass is 338 g/mol. The highest BCUT2D eigenvalue weighted by atomic mass is 35.5. The Kier molecular flexibility index (Phi) is 4.65. The molecule has 1 heterocycles. The predicted octanol–water partition coefficient (Wildman–Crippen LogP) is 3.00. The molecule has 1 aromatic rings. The minimum absolute atomic E-state index is 0. The summed E-state index contributed by atoms with van der Waals surface area (Å²) in [6.07, 6.45) is 5.51. The third-order valence-electron chi connectivity index (χ3n) is 5.87. The van der Waals surface area contributed by atoms with Gasteiger partial charge in [-0.15, -0.1) is 12.4 Å². The molecule has 2 aliphatic carbocycles. The highest BCUT2D eigenvalue weighted by Crippen LogP contribution is 2.46. The van der Waals surface area contributed by atoms with E-state index in [0.717, 1.165) is 37.9 Å². The second kappa shape index (κ2) is 6.40. The molecule has 3 fully saturated rings. The Balaban J connectivity index is 0.00000156. The number of benzene rings is 1. The molecule has 1 aliphatic heterocycles. The average molecular weight is 339 g/mol. The lowest BCUT2D eigenvalue weighted by atomic mass is 9.67. The highest BCUT2D eigenvalue weighted by Gasteiger charge is 2.52. The Morgan fingerprint density at radius 1 is 1.35 bits per heavy atom. The fourth-order valence-corrected chi connectivity index (χ4v) is 4.46. The maximum atomic E-state index is 13.3. The van der Waals surface area contributed by atoms with E-state index < -0.39 is 0 Å². The molecule has 2 N–H and O–H groups in total. The number of carbonyl (C=O) groups is 1. The minimum atomic E-state index is -0.194. The smallest absolute Gasteiger partial charge is 0.228 e. The van der Waals surface area contributed by atoms with Crippen LogP contribution in [0.5, 0.6) is 0 Å². The topological polar surface area (TPSA) is 41.1 Å². The number of halogens is 2. The number of hydrogen-bond acceptors (Lipinski definition) is 2. The van der Waals surface area contributed by atoms with Crippen LogP contribution in [-0.2, 0) is 4.79 Å². The molecule has 0 aromatic heterocycles. The van der Waals surface area contributed by atoms with E-state index in [1.54, 1.807) is 12.1 Å². The van der Waals surface area contributed by atoms with Crippen molar-refractivity contribution in [1.29, 1.82) is 0 Å². The van der Waals surface area contributed by atoms with E-state index in [2.05, 4.69) is 10.6 Å². The summed E-state index contributed by atoms with van der Waals surface area (Å²) >= 11 is 0. The van der Waals surface area contributed by atoms with Gasteiger partial charge in [-0.2, -0.15) is 0 Å². The number of fused-ring (bicyclic) bond motifs is 1. The summed E-state index contributed by atoms with van der Waals surface area (Å²) < 4.78 is 13.3. The van der Waals surface area contributed by atoms with Crippen LogP contribution in [0.25, 0.3) is 0 Å². The molecule has 1 saturated heterocycles. The molecule has 5 heteroatoms. The van der Waals surface area contributed by atoms with Gasteiger partial charge in [-0.05, 0) is 49.4 Å². The van der Waals surface area contributed by atoms with Gasteiger partial charge in [0.1, 0.15) is 5.82 Å². The molecule has 23 heavy (non-hydrogen) atoms. The molecule has 1 amide bonds. The van der Waals surface area contributed by atoms with Crippen LogP contribution in [0, 0.1) is 17.2 Å². The van der Waals surface area contributed by atoms with Crippen molar-refractivity contribution in [2.45, 2.75) is 44.1 Å². The van der Waals surface area contributed by atoms with Gasteiger partial charge in [0.25, 0.3) is 0 Å². The van der Waals surface area contributed by atoms with Crippen LogP contribution in [0.15, 0.2) is 24.3 Å². The minimum Gasteiger partial charge on any atom is -0.352 e. The van der Waals surface area contributed by atoms with Crippen LogP contribution in [0.4, 0.5) is 4.39 Å². The van der Waals surface area contributed by atoms with Crippen molar-refractivity contribution < 1.29 is 9.18 Å². The summed E-state index contributed by atoms with van der Waals surface area (Å²) in [5, 5.41) is 6.67. The van der Waals surface area contributed by atoms with Gasteiger partial charge in [-0.1, -0.05) is 25.0 Å². The van der Waals surface area contributed by atoms with Crippen molar-refractivity contribution in [3.05, 3.63) is 35.6 Å². The van der Waals surface area contributed by atoms with E-state index >= 15 is 0 Å². The summed E-state index contributed by atoms with van der Waals surface area (Å²) in [7, 11) is 0. The quantitative estimate of drug-likeness (QED) is 0.889. The van der Waals surface area contributed by atoms with Gasteiger partial charge >= 0.3 is 0 Å². The molecule has 3 aliphatic rings. The van der Waals surface area contributed by atoms with E-state index in [-0.39, 0.29) is 41.5 Å². The van der Waals surface area contributed by atoms with Crippen LogP contribution in [0.1, 0.15) is 43.6 Å². The SMILES string of the molecule is Cl.O=C(NC1CC1c1cccc(F)c1)[C@@]12CCCC[C@H]1CNC2. The highest BCUT2D eigenvalue weighted by molar-refractivity contribution is 5.85. The molecule has 1 aromatic carbocycles. The van der Waals surface area contributed by atoms with Gasteiger partial charge in [0.15, 0.2) is 0 Å². The second-order valence-electron chi connectivity index (χ2n) is 7.21. The molecule has 0 spiro atoms. The van der Waals surface area contributed by atoms with E-state index in [1.165, 1.54) is 18.9 Å². The van der Waals surface area contributed by atoms with Crippen molar-refractivity contribution >= 4 is 18.3 Å². The summed E-state index contributed by atoms with van der Waals surface area (Å²) in [6.45, 7) is 1.80. The first kappa shape index (κ1) is 16.7. The normalized spacial score (nSPS) is 35.1. The maximum Gasteiger partial charge on any atom is 0.228 e. The van der Waals surface area contributed by atoms with Crippen molar-refractivity contribution in [2.24, 2.45) is 11.3 Å². The number of hydrogen-bond donors (Lipinski definition) is 2. The third kappa shape index (κ3) is 2.99. The number of nitrogens with one attached hydrogen (secondary N) is 2. The molecule has 2 saturated carbocycles. The van der Waals surface area contributed by atoms with Gasteiger partial charge in [-0.3, -0.25) is 4.79 Å². The lowest BCUT2D eigenvalue weighted by molar-refractivity contribution is -0.134. The first-order chi connectivity index (χ1) is 10.7. The zero-order valence-electron chi connectivity index (χ0n) is 13.2. The van der Waals surface area contributed by atoms with Gasteiger partial charge in [-0.25, -0.2) is 4.39 Å². The number of rotatable bonds is 3. The molecule has 4 rings (SSSR count). The standard InChI is InChI=1S/C18H23FN2O.ClH/c19-14-6-3-4-12(8-14)15-9-16(15)21-17(22)18-7-2-1-5-13(18)10-20-11-18;/h3-4,6,8,13,15-16,20H,1-2,5,7,9-11H2,(H,21,22);1H/t13-,15?,16?,18+;/m0./s1. The average Bonchev–Trinajstić information content (AvgIpc) is 3.14. The largest absolute Gasteiger partial charge is 0.352 e. The lowest BCUT2D eigenvalue weighted by Gasteiger charge is -2.37. The van der Waals surface area contributed by atoms with E-state index in [1.807, 2.05) is 6.07 Å². The molecule has 3 nitrogen and oxygen atoms in total. The number of amides is 1. The Morgan fingerprint density at radius 2 is 2.22 bits per heavy atom. The Hall–Kier alpha value is -1.13. The van der Waals surface area contributed by atoms with Crippen molar-refractivity contribution in [3.63, 3.8) is 0 Å². The fourth-order valence-electron chi connectivity index (χ4n) is 4.46. The van der Waals surface area contributed by atoms with Gasteiger partial charge < -0.3 is 10.6 Å². The molecule has 2 unspecified atom stereocenters. The Morgan fingerprint density at radius 3 is 3.04 bits per heavy atom. The molecular weight excluding hydrogens is 315 g/mol. The lowest BCUT2D eigenvalue weighted by Crippen LogP contribution is -2.48. The van der Waals surface area contributed by atoms with Crippen LogP contribution in [0.2, 0.25) is 0 Å². The zero-order chi connectivity index (χ0) is 15.2. The van der Waals surface area contributed by atoms with Crippen LogP contribution in [0.3, 0.4) is 0 Å². The molecule has 4 atom stereocenters. The summed E-state index contributed by atoms with van der Waals surface area (Å²) in [5.41, 5.74) is 0.820. The zero-order valence-corrected chi connectivity index (χ0v) is 14.0.